The fourth-order valence-electron chi connectivity index (χ4n) is 2.70. The number of halogens is 1. The molecule has 112 valence electrons. The molecule has 0 spiro atoms. The Morgan fingerprint density at radius 3 is 2.73 bits per heavy atom. The van der Waals surface area contributed by atoms with Crippen LogP contribution in [-0.2, 0) is 11.2 Å². The van der Waals surface area contributed by atoms with E-state index >= 15 is 0 Å². The highest BCUT2D eigenvalue weighted by Gasteiger charge is 2.29. The summed E-state index contributed by atoms with van der Waals surface area (Å²) in [5.74, 6) is 0. The summed E-state index contributed by atoms with van der Waals surface area (Å²) in [5, 5.41) is 0.648. The van der Waals surface area contributed by atoms with Crippen molar-refractivity contribution in [2.24, 2.45) is 0 Å². The zero-order valence-electron chi connectivity index (χ0n) is 12.2. The van der Waals surface area contributed by atoms with Crippen LogP contribution in [0.2, 0.25) is 5.02 Å². The van der Waals surface area contributed by atoms with Crippen molar-refractivity contribution in [2.75, 3.05) is 12.0 Å². The Bertz CT molecular complexity index is 712. The van der Waals surface area contributed by atoms with Crippen molar-refractivity contribution in [3.8, 4) is 0 Å². The van der Waals surface area contributed by atoms with E-state index in [1.54, 1.807) is 11.0 Å². The lowest BCUT2D eigenvalue weighted by molar-refractivity contribution is 0.177. The molecular formula is C18H16ClNO2. The summed E-state index contributed by atoms with van der Waals surface area (Å²) in [6, 6.07) is 15.5. The lowest BCUT2D eigenvalue weighted by atomic mass is 9.98. The standard InChI is InChI=1S/C18H16ClNO2/c1-22-18(21)20-16(11-13-5-3-2-4-6-13)9-7-14-12-15(19)8-10-17(14)20/h2-10,12,16H,11H2,1H3. The number of fused-ring (bicyclic) bond motifs is 1. The lowest BCUT2D eigenvalue weighted by Crippen LogP contribution is -2.42. The third kappa shape index (κ3) is 2.85. The third-order valence-electron chi connectivity index (χ3n) is 3.74. The fourth-order valence-corrected chi connectivity index (χ4v) is 2.89. The maximum absolute atomic E-state index is 12.3. The molecule has 0 fully saturated rings. The van der Waals surface area contributed by atoms with Gasteiger partial charge in [-0.2, -0.15) is 0 Å². The number of nitrogens with zero attached hydrogens (tertiary/aromatic N) is 1. The molecule has 3 nitrogen and oxygen atoms in total. The van der Waals surface area contributed by atoms with Crippen LogP contribution in [-0.4, -0.2) is 19.2 Å². The highest BCUT2D eigenvalue weighted by Crippen LogP contribution is 2.32. The molecule has 2 aromatic rings. The molecule has 0 aliphatic carbocycles. The number of anilines is 1. The Kier molecular flexibility index (Phi) is 4.16. The summed E-state index contributed by atoms with van der Waals surface area (Å²) in [6.07, 6.45) is 4.39. The van der Waals surface area contributed by atoms with Gasteiger partial charge in [-0.1, -0.05) is 54.1 Å². The quantitative estimate of drug-likeness (QED) is 0.814. The fraction of sp³-hybridized carbons (Fsp3) is 0.167. The first kappa shape index (κ1) is 14.7. The van der Waals surface area contributed by atoms with E-state index in [1.165, 1.54) is 12.7 Å². The van der Waals surface area contributed by atoms with Gasteiger partial charge in [0.05, 0.1) is 18.8 Å². The number of amides is 1. The van der Waals surface area contributed by atoms with Crippen LogP contribution in [0, 0.1) is 0 Å². The van der Waals surface area contributed by atoms with E-state index in [2.05, 4.69) is 12.1 Å². The third-order valence-corrected chi connectivity index (χ3v) is 3.97. The lowest BCUT2D eigenvalue weighted by Gasteiger charge is -2.33. The Morgan fingerprint density at radius 1 is 1.23 bits per heavy atom. The number of hydrogen-bond donors (Lipinski definition) is 0. The SMILES string of the molecule is COC(=O)N1c2ccc(Cl)cc2C=CC1Cc1ccccc1. The molecule has 1 aliphatic heterocycles. The maximum atomic E-state index is 12.3. The van der Waals surface area contributed by atoms with Crippen molar-refractivity contribution in [1.29, 1.82) is 0 Å². The van der Waals surface area contributed by atoms with Crippen molar-refractivity contribution in [3.05, 3.63) is 70.8 Å². The van der Waals surface area contributed by atoms with Gasteiger partial charge in [-0.15, -0.1) is 0 Å². The molecule has 3 rings (SSSR count). The van der Waals surface area contributed by atoms with Crippen LogP contribution in [0.4, 0.5) is 10.5 Å². The number of hydrogen-bond acceptors (Lipinski definition) is 2. The second-order valence-corrected chi connectivity index (χ2v) is 5.60. The second kappa shape index (κ2) is 6.24. The average Bonchev–Trinajstić information content (AvgIpc) is 2.55. The summed E-state index contributed by atoms with van der Waals surface area (Å²) in [7, 11) is 1.40. The van der Waals surface area contributed by atoms with Crippen LogP contribution >= 0.6 is 11.6 Å². The van der Waals surface area contributed by atoms with E-state index in [1.807, 2.05) is 42.5 Å². The van der Waals surface area contributed by atoms with Gasteiger partial charge in [-0.3, -0.25) is 4.90 Å². The van der Waals surface area contributed by atoms with Crippen molar-refractivity contribution >= 4 is 29.5 Å². The molecule has 1 amide bonds. The number of rotatable bonds is 2. The van der Waals surface area contributed by atoms with Gasteiger partial charge in [0.2, 0.25) is 0 Å². The molecule has 0 bridgehead atoms. The number of methoxy groups -OCH3 is 1. The summed E-state index contributed by atoms with van der Waals surface area (Å²) in [5.41, 5.74) is 2.91. The first-order chi connectivity index (χ1) is 10.7. The normalized spacial score (nSPS) is 16.3. The molecule has 0 N–H and O–H groups in total. The van der Waals surface area contributed by atoms with E-state index in [-0.39, 0.29) is 12.1 Å². The van der Waals surface area contributed by atoms with Gasteiger partial charge < -0.3 is 4.74 Å². The highest BCUT2D eigenvalue weighted by atomic mass is 35.5. The Hall–Kier alpha value is -2.26. The minimum Gasteiger partial charge on any atom is -0.452 e. The van der Waals surface area contributed by atoms with Gasteiger partial charge in [0.25, 0.3) is 0 Å². The molecular weight excluding hydrogens is 298 g/mol. The van der Waals surface area contributed by atoms with Gasteiger partial charge in [0.15, 0.2) is 0 Å². The Labute approximate surface area is 134 Å². The van der Waals surface area contributed by atoms with Crippen molar-refractivity contribution < 1.29 is 9.53 Å². The van der Waals surface area contributed by atoms with Gasteiger partial charge in [0, 0.05) is 5.02 Å². The van der Waals surface area contributed by atoms with E-state index in [0.29, 0.717) is 5.02 Å². The molecule has 1 aliphatic rings. The number of ether oxygens (including phenoxy) is 1. The van der Waals surface area contributed by atoms with Crippen LogP contribution in [0.5, 0.6) is 0 Å². The Morgan fingerprint density at radius 2 is 2.00 bits per heavy atom. The largest absolute Gasteiger partial charge is 0.452 e. The predicted molar refractivity (Wildman–Crippen MR) is 89.3 cm³/mol. The number of benzene rings is 2. The molecule has 0 saturated heterocycles. The minimum absolute atomic E-state index is 0.0801. The molecule has 1 unspecified atom stereocenters. The van der Waals surface area contributed by atoms with E-state index in [4.69, 9.17) is 16.3 Å². The minimum atomic E-state index is -0.367. The highest BCUT2D eigenvalue weighted by molar-refractivity contribution is 6.30. The van der Waals surface area contributed by atoms with Crippen molar-refractivity contribution in [1.82, 2.24) is 0 Å². The van der Waals surface area contributed by atoms with E-state index in [9.17, 15) is 4.79 Å². The zero-order valence-corrected chi connectivity index (χ0v) is 13.0. The van der Waals surface area contributed by atoms with E-state index in [0.717, 1.165) is 17.7 Å². The van der Waals surface area contributed by atoms with Crippen LogP contribution in [0.25, 0.3) is 6.08 Å². The zero-order chi connectivity index (χ0) is 15.5. The van der Waals surface area contributed by atoms with Crippen molar-refractivity contribution in [3.63, 3.8) is 0 Å². The van der Waals surface area contributed by atoms with Crippen LogP contribution < -0.4 is 4.90 Å². The number of carbonyl (C=O) groups excluding carboxylic acids is 1. The molecule has 2 aromatic carbocycles. The van der Waals surface area contributed by atoms with Crippen LogP contribution in [0.15, 0.2) is 54.6 Å². The van der Waals surface area contributed by atoms with Gasteiger partial charge in [0.1, 0.15) is 0 Å². The predicted octanol–water partition coefficient (Wildman–Crippen LogP) is 4.55. The number of carbonyl (C=O) groups is 1. The van der Waals surface area contributed by atoms with Crippen LogP contribution in [0.3, 0.4) is 0 Å². The molecule has 0 radical (unpaired) electrons. The molecule has 4 heteroatoms. The Balaban J connectivity index is 1.97. The van der Waals surface area contributed by atoms with Crippen LogP contribution in [0.1, 0.15) is 11.1 Å². The van der Waals surface area contributed by atoms with Gasteiger partial charge in [-0.25, -0.2) is 4.79 Å². The summed E-state index contributed by atoms with van der Waals surface area (Å²) >= 11 is 6.04. The summed E-state index contributed by atoms with van der Waals surface area (Å²) in [6.45, 7) is 0. The molecule has 0 aromatic heterocycles. The molecule has 1 heterocycles. The van der Waals surface area contributed by atoms with Gasteiger partial charge >= 0.3 is 6.09 Å². The average molecular weight is 314 g/mol. The monoisotopic (exact) mass is 313 g/mol. The first-order valence-electron chi connectivity index (χ1n) is 7.08. The van der Waals surface area contributed by atoms with E-state index < -0.39 is 0 Å². The maximum Gasteiger partial charge on any atom is 0.414 e. The first-order valence-corrected chi connectivity index (χ1v) is 7.45. The molecule has 1 atom stereocenters. The summed E-state index contributed by atoms with van der Waals surface area (Å²) in [4.78, 5) is 13.9. The molecule has 0 saturated carbocycles. The van der Waals surface area contributed by atoms with Crippen molar-refractivity contribution in [2.45, 2.75) is 12.5 Å². The second-order valence-electron chi connectivity index (χ2n) is 5.16. The summed E-state index contributed by atoms with van der Waals surface area (Å²) < 4.78 is 4.96. The topological polar surface area (TPSA) is 29.5 Å². The molecule has 22 heavy (non-hydrogen) atoms. The van der Waals surface area contributed by atoms with Gasteiger partial charge in [-0.05, 0) is 35.7 Å². The smallest absolute Gasteiger partial charge is 0.414 e.